The van der Waals surface area contributed by atoms with E-state index in [-0.39, 0.29) is 18.2 Å². The molecule has 1 aromatic rings. The normalized spacial score (nSPS) is 18.2. The second-order valence-corrected chi connectivity index (χ2v) is 7.73. The highest BCUT2D eigenvalue weighted by Crippen LogP contribution is 2.17. The number of likely N-dealkylation sites (tertiary alicyclic amines) is 1. The minimum absolute atomic E-state index is 0.0775. The predicted octanol–water partition coefficient (Wildman–Crippen LogP) is 3.20. The van der Waals surface area contributed by atoms with Crippen molar-refractivity contribution < 1.29 is 9.53 Å². The van der Waals surface area contributed by atoms with Crippen molar-refractivity contribution in [2.45, 2.75) is 64.8 Å². The molecule has 0 aliphatic carbocycles. The number of hydrogen-bond acceptors (Lipinski definition) is 4. The minimum Gasteiger partial charge on any atom is -0.444 e. The van der Waals surface area contributed by atoms with Crippen molar-refractivity contribution in [2.24, 2.45) is 5.73 Å². The third-order valence-corrected chi connectivity index (χ3v) is 4.22. The standard InChI is InChI=1S/C19H31N3O2/c1-14(20)16-7-5-15(6-8-16)13-22-11-9-17(10-12-22)21-18(23)24-19(2,3)4/h5-8,14,17H,9-13,20H2,1-4H3,(H,21,23)/t14-/m0/s1. The molecule has 0 aromatic heterocycles. The first-order valence-corrected chi connectivity index (χ1v) is 8.79. The van der Waals surface area contributed by atoms with Crippen molar-refractivity contribution in [1.29, 1.82) is 0 Å². The van der Waals surface area contributed by atoms with E-state index < -0.39 is 5.60 Å². The van der Waals surface area contributed by atoms with Gasteiger partial charge in [0.1, 0.15) is 5.60 Å². The van der Waals surface area contributed by atoms with Crippen LogP contribution in [0.2, 0.25) is 0 Å². The highest BCUT2D eigenvalue weighted by atomic mass is 16.6. The van der Waals surface area contributed by atoms with Crippen molar-refractivity contribution in [3.05, 3.63) is 35.4 Å². The summed E-state index contributed by atoms with van der Waals surface area (Å²) in [6, 6.07) is 8.81. The molecular formula is C19H31N3O2. The number of hydrogen-bond donors (Lipinski definition) is 2. The maximum absolute atomic E-state index is 11.8. The average Bonchev–Trinajstić information content (AvgIpc) is 2.48. The molecule has 1 aliphatic rings. The van der Waals surface area contributed by atoms with E-state index in [1.165, 1.54) is 11.1 Å². The van der Waals surface area contributed by atoms with Gasteiger partial charge in [0.25, 0.3) is 0 Å². The minimum atomic E-state index is -0.446. The van der Waals surface area contributed by atoms with Crippen molar-refractivity contribution in [3.8, 4) is 0 Å². The summed E-state index contributed by atoms with van der Waals surface area (Å²) in [6.07, 6.45) is 1.60. The number of ether oxygens (including phenoxy) is 1. The van der Waals surface area contributed by atoms with Crippen LogP contribution >= 0.6 is 0 Å². The molecular weight excluding hydrogens is 302 g/mol. The molecule has 1 fully saturated rings. The highest BCUT2D eigenvalue weighted by Gasteiger charge is 2.23. The van der Waals surface area contributed by atoms with E-state index in [1.54, 1.807) is 0 Å². The zero-order valence-electron chi connectivity index (χ0n) is 15.3. The van der Waals surface area contributed by atoms with Crippen LogP contribution in [0.4, 0.5) is 4.79 Å². The van der Waals surface area contributed by atoms with Crippen LogP contribution in [0.1, 0.15) is 57.7 Å². The van der Waals surface area contributed by atoms with Gasteiger partial charge in [-0.25, -0.2) is 4.79 Å². The van der Waals surface area contributed by atoms with Crippen LogP contribution in [0, 0.1) is 0 Å². The Bertz CT molecular complexity index is 527. The van der Waals surface area contributed by atoms with Crippen molar-refractivity contribution in [3.63, 3.8) is 0 Å². The lowest BCUT2D eigenvalue weighted by Gasteiger charge is -2.32. The lowest BCUT2D eigenvalue weighted by Crippen LogP contribution is -2.45. The summed E-state index contributed by atoms with van der Waals surface area (Å²) in [4.78, 5) is 14.3. The van der Waals surface area contributed by atoms with Crippen molar-refractivity contribution >= 4 is 6.09 Å². The van der Waals surface area contributed by atoms with Crippen LogP contribution in [-0.2, 0) is 11.3 Å². The number of piperidine rings is 1. The molecule has 0 radical (unpaired) electrons. The van der Waals surface area contributed by atoms with Gasteiger partial charge >= 0.3 is 6.09 Å². The van der Waals surface area contributed by atoms with E-state index in [4.69, 9.17) is 10.5 Å². The molecule has 0 bridgehead atoms. The van der Waals surface area contributed by atoms with Crippen LogP contribution in [0.5, 0.6) is 0 Å². The Morgan fingerprint density at radius 3 is 2.38 bits per heavy atom. The Morgan fingerprint density at radius 2 is 1.88 bits per heavy atom. The highest BCUT2D eigenvalue weighted by molar-refractivity contribution is 5.68. The summed E-state index contributed by atoms with van der Waals surface area (Å²) in [6.45, 7) is 10.5. The largest absolute Gasteiger partial charge is 0.444 e. The summed E-state index contributed by atoms with van der Waals surface area (Å²) in [7, 11) is 0. The molecule has 1 aliphatic heterocycles. The molecule has 0 saturated carbocycles. The smallest absolute Gasteiger partial charge is 0.407 e. The topological polar surface area (TPSA) is 67.6 Å². The first-order valence-electron chi connectivity index (χ1n) is 8.79. The fourth-order valence-corrected chi connectivity index (χ4v) is 2.89. The molecule has 5 nitrogen and oxygen atoms in total. The monoisotopic (exact) mass is 333 g/mol. The molecule has 5 heteroatoms. The predicted molar refractivity (Wildman–Crippen MR) is 96.7 cm³/mol. The molecule has 1 heterocycles. The van der Waals surface area contributed by atoms with Crippen LogP contribution in [0.3, 0.4) is 0 Å². The van der Waals surface area contributed by atoms with Gasteiger partial charge in [0, 0.05) is 31.7 Å². The zero-order valence-corrected chi connectivity index (χ0v) is 15.3. The van der Waals surface area contributed by atoms with Gasteiger partial charge in [-0.2, -0.15) is 0 Å². The second-order valence-electron chi connectivity index (χ2n) is 7.73. The third-order valence-electron chi connectivity index (χ3n) is 4.22. The number of nitrogens with zero attached hydrogens (tertiary/aromatic N) is 1. The number of amides is 1. The van der Waals surface area contributed by atoms with Gasteiger partial charge in [-0.15, -0.1) is 0 Å². The maximum atomic E-state index is 11.8. The number of benzene rings is 1. The van der Waals surface area contributed by atoms with E-state index in [2.05, 4.69) is 34.5 Å². The van der Waals surface area contributed by atoms with Gasteiger partial charge in [-0.05, 0) is 51.7 Å². The fraction of sp³-hybridized carbons (Fsp3) is 0.632. The Balaban J connectivity index is 1.75. The van der Waals surface area contributed by atoms with Crippen LogP contribution in [0.25, 0.3) is 0 Å². The van der Waals surface area contributed by atoms with Crippen LogP contribution in [-0.4, -0.2) is 35.7 Å². The number of nitrogens with two attached hydrogens (primary N) is 1. The van der Waals surface area contributed by atoms with Crippen LogP contribution in [0.15, 0.2) is 24.3 Å². The van der Waals surface area contributed by atoms with Gasteiger partial charge in [-0.1, -0.05) is 24.3 Å². The number of nitrogens with one attached hydrogen (secondary N) is 1. The zero-order chi connectivity index (χ0) is 17.7. The molecule has 134 valence electrons. The fourth-order valence-electron chi connectivity index (χ4n) is 2.89. The Morgan fingerprint density at radius 1 is 1.29 bits per heavy atom. The van der Waals surface area contributed by atoms with Crippen molar-refractivity contribution in [1.82, 2.24) is 10.2 Å². The quantitative estimate of drug-likeness (QED) is 0.888. The van der Waals surface area contributed by atoms with Gasteiger partial charge in [-0.3, -0.25) is 4.90 Å². The molecule has 1 aromatic carbocycles. The molecule has 24 heavy (non-hydrogen) atoms. The Labute approximate surface area is 145 Å². The number of alkyl carbamates (subject to hydrolysis) is 1. The van der Waals surface area contributed by atoms with Gasteiger partial charge in [0.15, 0.2) is 0 Å². The van der Waals surface area contributed by atoms with Crippen LogP contribution < -0.4 is 11.1 Å². The summed E-state index contributed by atoms with van der Waals surface area (Å²) >= 11 is 0. The molecule has 2 rings (SSSR count). The summed E-state index contributed by atoms with van der Waals surface area (Å²) < 4.78 is 5.32. The number of rotatable bonds is 4. The first-order chi connectivity index (χ1) is 11.2. The van der Waals surface area contributed by atoms with E-state index in [0.717, 1.165) is 32.5 Å². The molecule has 0 spiro atoms. The lowest BCUT2D eigenvalue weighted by molar-refractivity contribution is 0.0477. The summed E-state index contributed by atoms with van der Waals surface area (Å²) in [5.74, 6) is 0. The van der Waals surface area contributed by atoms with E-state index in [1.807, 2.05) is 27.7 Å². The van der Waals surface area contributed by atoms with E-state index in [0.29, 0.717) is 0 Å². The second kappa shape index (κ2) is 7.99. The number of carbonyl (C=O) groups is 1. The van der Waals surface area contributed by atoms with Gasteiger partial charge in [0.2, 0.25) is 0 Å². The van der Waals surface area contributed by atoms with Gasteiger partial charge in [0.05, 0.1) is 0 Å². The Kier molecular flexibility index (Phi) is 6.24. The lowest BCUT2D eigenvalue weighted by atomic mass is 10.0. The maximum Gasteiger partial charge on any atom is 0.407 e. The first kappa shape index (κ1) is 18.7. The molecule has 1 amide bonds. The average molecular weight is 333 g/mol. The summed E-state index contributed by atoms with van der Waals surface area (Å²) in [5.41, 5.74) is 7.91. The number of carbonyl (C=O) groups excluding carboxylic acids is 1. The SMILES string of the molecule is C[C@H](N)c1ccc(CN2CCC(NC(=O)OC(C)(C)C)CC2)cc1. The van der Waals surface area contributed by atoms with Crippen molar-refractivity contribution in [2.75, 3.05) is 13.1 Å². The molecule has 0 unspecified atom stereocenters. The summed E-state index contributed by atoms with van der Waals surface area (Å²) in [5, 5.41) is 2.98. The van der Waals surface area contributed by atoms with E-state index in [9.17, 15) is 4.79 Å². The molecule has 3 N–H and O–H groups in total. The Hall–Kier alpha value is -1.59. The molecule has 1 saturated heterocycles. The van der Waals surface area contributed by atoms with Gasteiger partial charge < -0.3 is 15.8 Å². The van der Waals surface area contributed by atoms with E-state index >= 15 is 0 Å². The third kappa shape index (κ3) is 6.13. The molecule has 1 atom stereocenters.